The molecule has 0 aliphatic carbocycles. The molecular formula is C17H24F3NO5P-. The van der Waals surface area contributed by atoms with Crippen molar-refractivity contribution in [1.82, 2.24) is 5.48 Å². The first-order chi connectivity index (χ1) is 12.6. The number of unbranched alkanes of at least 4 members (excludes halogenated alkanes) is 4. The second kappa shape index (κ2) is 11.4. The van der Waals surface area contributed by atoms with Crippen LogP contribution in [0.1, 0.15) is 56.6 Å². The summed E-state index contributed by atoms with van der Waals surface area (Å²) in [7, 11) is -4.73. The normalized spacial score (nSPS) is 14.0. The maximum absolute atomic E-state index is 12.5. The van der Waals surface area contributed by atoms with Crippen LogP contribution in [0.3, 0.4) is 0 Å². The molecule has 0 saturated heterocycles. The summed E-state index contributed by atoms with van der Waals surface area (Å²) >= 11 is 0. The van der Waals surface area contributed by atoms with Gasteiger partial charge in [0.2, 0.25) is 5.91 Å². The Kier molecular flexibility index (Phi) is 10.0. The van der Waals surface area contributed by atoms with Crippen LogP contribution in [0.4, 0.5) is 13.2 Å². The van der Waals surface area contributed by atoms with Crippen molar-refractivity contribution in [2.24, 2.45) is 0 Å². The Morgan fingerprint density at radius 1 is 1.15 bits per heavy atom. The minimum Gasteiger partial charge on any atom is -0.755 e. The second-order valence-corrected chi connectivity index (χ2v) is 7.34. The lowest BCUT2D eigenvalue weighted by atomic mass is 10.1. The van der Waals surface area contributed by atoms with Crippen LogP contribution in [-0.2, 0) is 31.1 Å². The zero-order valence-electron chi connectivity index (χ0n) is 15.1. The summed E-state index contributed by atoms with van der Waals surface area (Å²) in [6.45, 7) is 1.75. The highest BCUT2D eigenvalue weighted by molar-refractivity contribution is 7.45. The molecule has 1 aromatic carbocycles. The summed E-state index contributed by atoms with van der Waals surface area (Å²) in [5.74, 6) is -0.561. The molecule has 27 heavy (non-hydrogen) atoms. The van der Waals surface area contributed by atoms with Crippen molar-refractivity contribution in [3.8, 4) is 0 Å². The number of carbonyl (C=O) groups is 1. The van der Waals surface area contributed by atoms with Gasteiger partial charge in [-0.3, -0.25) is 9.36 Å². The first kappa shape index (κ1) is 23.6. The van der Waals surface area contributed by atoms with Crippen LogP contribution < -0.4 is 10.4 Å². The topological polar surface area (TPSA) is 87.7 Å². The fraction of sp³-hybridized carbons (Fsp3) is 0.588. The van der Waals surface area contributed by atoms with Gasteiger partial charge in [0.1, 0.15) is 0 Å². The van der Waals surface area contributed by atoms with E-state index in [0.29, 0.717) is 12.0 Å². The molecule has 154 valence electrons. The van der Waals surface area contributed by atoms with Gasteiger partial charge in [-0.1, -0.05) is 44.7 Å². The van der Waals surface area contributed by atoms with E-state index in [0.717, 1.165) is 37.8 Å². The van der Waals surface area contributed by atoms with Gasteiger partial charge in [0.05, 0.1) is 12.2 Å². The number of nitrogens with one attached hydrogen (secondary N) is 1. The van der Waals surface area contributed by atoms with Crippen molar-refractivity contribution in [2.75, 3.05) is 6.61 Å². The number of phosphoric ester groups is 1. The van der Waals surface area contributed by atoms with Gasteiger partial charge in [-0.25, -0.2) is 10.1 Å². The molecule has 6 nitrogen and oxygen atoms in total. The lowest BCUT2D eigenvalue weighted by Crippen LogP contribution is -2.25. The van der Waals surface area contributed by atoms with Crippen LogP contribution in [0.2, 0.25) is 0 Å². The first-order valence-corrected chi connectivity index (χ1v) is 10.2. The fourth-order valence-corrected chi connectivity index (χ4v) is 2.79. The molecule has 0 aliphatic heterocycles. The van der Waals surface area contributed by atoms with Crippen molar-refractivity contribution in [2.45, 2.75) is 58.0 Å². The number of hydrogen-bond acceptors (Lipinski definition) is 5. The van der Waals surface area contributed by atoms with Crippen LogP contribution in [0, 0.1) is 0 Å². The number of amides is 1. The highest BCUT2D eigenvalue weighted by atomic mass is 31.2. The quantitative estimate of drug-likeness (QED) is 0.318. The number of phosphoric acid groups is 1. The average Bonchev–Trinajstić information content (AvgIpc) is 2.59. The molecule has 0 bridgehead atoms. The molecule has 0 heterocycles. The smallest absolute Gasteiger partial charge is 0.416 e. The molecule has 1 aromatic rings. The molecule has 1 unspecified atom stereocenters. The standard InChI is InChI=1S/C17H25F3NO5P/c1-2-3-4-5-6-7-16(22)21-26-27(23,24)25-13-12-14-8-10-15(11-9-14)17(18,19)20/h8-11H,2-7,12-13H2,1H3,(H,21,22)(H,23,24)/p-1. The Morgan fingerprint density at radius 3 is 2.37 bits per heavy atom. The van der Waals surface area contributed by atoms with Gasteiger partial charge < -0.3 is 9.42 Å². The van der Waals surface area contributed by atoms with Crippen molar-refractivity contribution in [3.63, 3.8) is 0 Å². The number of benzene rings is 1. The first-order valence-electron chi connectivity index (χ1n) is 8.73. The zero-order valence-corrected chi connectivity index (χ0v) is 16.0. The molecular weight excluding hydrogens is 386 g/mol. The Balaban J connectivity index is 2.26. The van der Waals surface area contributed by atoms with Crippen LogP contribution in [0.15, 0.2) is 24.3 Å². The third kappa shape index (κ3) is 10.5. The second-order valence-electron chi connectivity index (χ2n) is 6.01. The van der Waals surface area contributed by atoms with Crippen molar-refractivity contribution < 1.29 is 36.6 Å². The Morgan fingerprint density at radius 2 is 1.78 bits per heavy atom. The van der Waals surface area contributed by atoms with E-state index >= 15 is 0 Å². The lowest BCUT2D eigenvalue weighted by molar-refractivity contribution is -0.231. The van der Waals surface area contributed by atoms with E-state index in [9.17, 15) is 27.4 Å². The number of hydrogen-bond donors (Lipinski definition) is 1. The average molecular weight is 410 g/mol. The van der Waals surface area contributed by atoms with Gasteiger partial charge in [0, 0.05) is 6.42 Å². The number of carbonyl (C=O) groups excluding carboxylic acids is 1. The summed E-state index contributed by atoms with van der Waals surface area (Å²) in [4.78, 5) is 23.0. The van der Waals surface area contributed by atoms with Crippen LogP contribution in [0.25, 0.3) is 0 Å². The molecule has 1 atom stereocenters. The minimum absolute atomic E-state index is 0.0686. The minimum atomic E-state index is -4.73. The van der Waals surface area contributed by atoms with E-state index in [1.807, 2.05) is 5.48 Å². The lowest BCUT2D eigenvalue weighted by Gasteiger charge is -2.22. The molecule has 0 aliphatic rings. The number of halogens is 3. The van der Waals surface area contributed by atoms with Crippen molar-refractivity contribution in [1.29, 1.82) is 0 Å². The Hall–Kier alpha value is -1.41. The van der Waals surface area contributed by atoms with Crippen molar-refractivity contribution >= 4 is 13.7 Å². The molecule has 0 aromatic heterocycles. The maximum Gasteiger partial charge on any atom is 0.416 e. The van der Waals surface area contributed by atoms with Gasteiger partial charge in [0.25, 0.3) is 7.82 Å². The van der Waals surface area contributed by atoms with E-state index in [1.54, 1.807) is 0 Å². The highest BCUT2D eigenvalue weighted by Gasteiger charge is 2.29. The molecule has 1 amide bonds. The molecule has 0 spiro atoms. The summed E-state index contributed by atoms with van der Waals surface area (Å²) < 4.78 is 57.8. The van der Waals surface area contributed by atoms with Gasteiger partial charge in [-0.15, -0.1) is 0 Å². The number of hydroxylamine groups is 1. The van der Waals surface area contributed by atoms with E-state index in [2.05, 4.69) is 16.1 Å². The predicted molar refractivity (Wildman–Crippen MR) is 91.3 cm³/mol. The fourth-order valence-electron chi connectivity index (χ4n) is 2.21. The largest absolute Gasteiger partial charge is 0.755 e. The Bertz CT molecular complexity index is 622. The zero-order chi connectivity index (χ0) is 20.3. The van der Waals surface area contributed by atoms with Crippen molar-refractivity contribution in [3.05, 3.63) is 35.4 Å². The van der Waals surface area contributed by atoms with E-state index in [1.165, 1.54) is 12.1 Å². The van der Waals surface area contributed by atoms with Crippen LogP contribution in [-0.4, -0.2) is 12.5 Å². The van der Waals surface area contributed by atoms with Gasteiger partial charge >= 0.3 is 6.18 Å². The summed E-state index contributed by atoms with van der Waals surface area (Å²) in [6, 6.07) is 4.29. The number of rotatable bonds is 12. The third-order valence-corrected chi connectivity index (χ3v) is 4.51. The highest BCUT2D eigenvalue weighted by Crippen LogP contribution is 2.37. The molecule has 1 rings (SSSR count). The molecule has 0 radical (unpaired) electrons. The van der Waals surface area contributed by atoms with Crippen LogP contribution in [0.5, 0.6) is 0 Å². The maximum atomic E-state index is 12.5. The molecule has 1 N–H and O–H groups in total. The Labute approximate surface area is 156 Å². The molecule has 10 heteroatoms. The van der Waals surface area contributed by atoms with Gasteiger partial charge in [0.15, 0.2) is 0 Å². The van der Waals surface area contributed by atoms with E-state index in [4.69, 9.17) is 0 Å². The summed E-state index contributed by atoms with van der Waals surface area (Å²) in [5.41, 5.74) is 1.50. The number of alkyl halides is 3. The molecule has 0 saturated carbocycles. The monoisotopic (exact) mass is 410 g/mol. The SMILES string of the molecule is CCCCCCCC(=O)NOP(=O)([O-])OCCc1ccc(C(F)(F)F)cc1. The van der Waals surface area contributed by atoms with Gasteiger partial charge in [-0.2, -0.15) is 13.2 Å². The molecule has 0 fully saturated rings. The van der Waals surface area contributed by atoms with E-state index in [-0.39, 0.29) is 19.4 Å². The third-order valence-electron chi connectivity index (χ3n) is 3.70. The van der Waals surface area contributed by atoms with E-state index < -0.39 is 25.5 Å². The predicted octanol–water partition coefficient (Wildman–Crippen LogP) is 4.14. The summed E-state index contributed by atoms with van der Waals surface area (Å²) in [6.07, 6.45) is 0.472. The van der Waals surface area contributed by atoms with Gasteiger partial charge in [-0.05, 0) is 30.5 Å². The summed E-state index contributed by atoms with van der Waals surface area (Å²) in [5, 5.41) is 0. The van der Waals surface area contributed by atoms with Crippen LogP contribution >= 0.6 is 7.82 Å².